The lowest BCUT2D eigenvalue weighted by atomic mass is 10.1. The summed E-state index contributed by atoms with van der Waals surface area (Å²) in [5.74, 6) is 3.39. The number of ether oxygens (including phenoxy) is 3. The van der Waals surface area contributed by atoms with Gasteiger partial charge in [0.05, 0.1) is 26.8 Å². The number of hydrogen-bond acceptors (Lipinski definition) is 6. The molecular formula is C25H25N3O3. The first-order valence-corrected chi connectivity index (χ1v) is 10.0. The summed E-state index contributed by atoms with van der Waals surface area (Å²) in [6.07, 6.45) is 0.671. The van der Waals surface area contributed by atoms with Gasteiger partial charge in [0.1, 0.15) is 11.6 Å². The van der Waals surface area contributed by atoms with E-state index >= 15 is 0 Å². The molecule has 158 valence electrons. The van der Waals surface area contributed by atoms with Gasteiger partial charge in [-0.25, -0.2) is 9.97 Å². The Kier molecular flexibility index (Phi) is 6.17. The zero-order valence-electron chi connectivity index (χ0n) is 17.9. The van der Waals surface area contributed by atoms with E-state index in [0.717, 1.165) is 28.1 Å². The van der Waals surface area contributed by atoms with E-state index in [0.29, 0.717) is 30.2 Å². The fraction of sp³-hybridized carbons (Fsp3) is 0.200. The number of methoxy groups -OCH3 is 3. The van der Waals surface area contributed by atoms with E-state index in [1.165, 1.54) is 5.56 Å². The van der Waals surface area contributed by atoms with Crippen molar-refractivity contribution in [2.75, 3.05) is 26.6 Å². The molecule has 0 aliphatic rings. The molecule has 4 rings (SSSR count). The van der Waals surface area contributed by atoms with Crippen molar-refractivity contribution in [3.05, 3.63) is 83.7 Å². The monoisotopic (exact) mass is 415 g/mol. The number of aromatic nitrogens is 2. The van der Waals surface area contributed by atoms with Crippen LogP contribution in [-0.2, 0) is 13.0 Å². The molecule has 0 aliphatic carbocycles. The second-order valence-electron chi connectivity index (χ2n) is 7.06. The zero-order valence-corrected chi connectivity index (χ0v) is 17.9. The lowest BCUT2D eigenvalue weighted by molar-refractivity contribution is 0.324. The van der Waals surface area contributed by atoms with Crippen molar-refractivity contribution in [1.82, 2.24) is 9.97 Å². The molecule has 0 radical (unpaired) electrons. The summed E-state index contributed by atoms with van der Waals surface area (Å²) >= 11 is 0. The highest BCUT2D eigenvalue weighted by atomic mass is 16.5. The van der Waals surface area contributed by atoms with Crippen molar-refractivity contribution >= 4 is 16.7 Å². The number of para-hydroxylation sites is 1. The van der Waals surface area contributed by atoms with Crippen LogP contribution in [-0.4, -0.2) is 31.3 Å². The normalized spacial score (nSPS) is 10.7. The Hall–Kier alpha value is -3.80. The van der Waals surface area contributed by atoms with Gasteiger partial charge in [-0.3, -0.25) is 0 Å². The van der Waals surface area contributed by atoms with Gasteiger partial charge in [-0.1, -0.05) is 42.5 Å². The highest BCUT2D eigenvalue weighted by Gasteiger charge is 2.14. The third-order valence-electron chi connectivity index (χ3n) is 5.04. The molecule has 0 bridgehead atoms. The molecule has 0 unspecified atom stereocenters. The summed E-state index contributed by atoms with van der Waals surface area (Å²) in [4.78, 5) is 9.58. The van der Waals surface area contributed by atoms with Crippen molar-refractivity contribution in [1.29, 1.82) is 0 Å². The van der Waals surface area contributed by atoms with Crippen LogP contribution >= 0.6 is 0 Å². The predicted octanol–water partition coefficient (Wildman–Crippen LogP) is 4.86. The minimum Gasteiger partial charge on any atom is -0.493 e. The Balaban J connectivity index is 1.65. The third kappa shape index (κ3) is 4.53. The summed E-state index contributed by atoms with van der Waals surface area (Å²) < 4.78 is 16.4. The molecule has 1 heterocycles. The number of hydrogen-bond donors (Lipinski definition) is 1. The van der Waals surface area contributed by atoms with E-state index in [9.17, 15) is 0 Å². The van der Waals surface area contributed by atoms with E-state index in [4.69, 9.17) is 24.2 Å². The van der Waals surface area contributed by atoms with Crippen LogP contribution in [0.3, 0.4) is 0 Å². The van der Waals surface area contributed by atoms with E-state index < -0.39 is 0 Å². The van der Waals surface area contributed by atoms with Gasteiger partial charge in [0.25, 0.3) is 0 Å². The molecule has 3 aromatic carbocycles. The fourth-order valence-electron chi connectivity index (χ4n) is 3.54. The summed E-state index contributed by atoms with van der Waals surface area (Å²) in [6.45, 7) is 0.544. The number of nitrogens with one attached hydrogen (secondary N) is 1. The van der Waals surface area contributed by atoms with Gasteiger partial charge in [-0.15, -0.1) is 0 Å². The van der Waals surface area contributed by atoms with Gasteiger partial charge in [0, 0.05) is 18.4 Å². The van der Waals surface area contributed by atoms with Crippen molar-refractivity contribution in [2.45, 2.75) is 13.0 Å². The summed E-state index contributed by atoms with van der Waals surface area (Å²) in [5, 5.41) is 4.45. The predicted molar refractivity (Wildman–Crippen MR) is 122 cm³/mol. The first-order valence-electron chi connectivity index (χ1n) is 10.0. The molecule has 1 aromatic heterocycles. The average molecular weight is 415 g/mol. The minimum absolute atomic E-state index is 0.544. The van der Waals surface area contributed by atoms with E-state index in [2.05, 4.69) is 17.4 Å². The van der Waals surface area contributed by atoms with Gasteiger partial charge in [-0.2, -0.15) is 0 Å². The second kappa shape index (κ2) is 9.34. The van der Waals surface area contributed by atoms with Crippen molar-refractivity contribution in [3.63, 3.8) is 0 Å². The van der Waals surface area contributed by atoms with Gasteiger partial charge in [0.2, 0.25) is 5.75 Å². The molecule has 0 saturated carbocycles. The van der Waals surface area contributed by atoms with Gasteiger partial charge >= 0.3 is 0 Å². The Morgan fingerprint density at radius 2 is 1.42 bits per heavy atom. The Labute approximate surface area is 181 Å². The van der Waals surface area contributed by atoms with Crippen LogP contribution in [0, 0.1) is 0 Å². The molecule has 4 aromatic rings. The smallest absolute Gasteiger partial charge is 0.203 e. The maximum Gasteiger partial charge on any atom is 0.203 e. The van der Waals surface area contributed by atoms with Crippen molar-refractivity contribution in [2.24, 2.45) is 0 Å². The van der Waals surface area contributed by atoms with Gasteiger partial charge in [-0.05, 0) is 35.4 Å². The van der Waals surface area contributed by atoms with Crippen LogP contribution in [0.4, 0.5) is 5.82 Å². The zero-order chi connectivity index (χ0) is 21.6. The highest BCUT2D eigenvalue weighted by molar-refractivity contribution is 5.89. The first kappa shape index (κ1) is 20.5. The number of rotatable bonds is 8. The molecular weight excluding hydrogens is 390 g/mol. The standard InChI is InChI=1S/C25H25N3O3/c1-29-21-13-18(14-22(30-2)24(21)31-3)16-26-25-19-11-7-8-12-20(19)27-23(28-25)15-17-9-5-4-6-10-17/h4-14H,15-16H2,1-3H3,(H,26,27,28). The first-order chi connectivity index (χ1) is 15.2. The van der Waals surface area contributed by atoms with Crippen LogP contribution in [0.25, 0.3) is 10.9 Å². The molecule has 0 aliphatic heterocycles. The summed E-state index contributed by atoms with van der Waals surface area (Å²) in [7, 11) is 4.82. The van der Waals surface area contributed by atoms with Gasteiger partial charge in [0.15, 0.2) is 11.5 Å². The minimum atomic E-state index is 0.544. The molecule has 31 heavy (non-hydrogen) atoms. The number of benzene rings is 3. The largest absolute Gasteiger partial charge is 0.493 e. The van der Waals surface area contributed by atoms with Crippen LogP contribution in [0.1, 0.15) is 17.0 Å². The number of fused-ring (bicyclic) bond motifs is 1. The molecule has 1 N–H and O–H groups in total. The van der Waals surface area contributed by atoms with Crippen LogP contribution in [0.15, 0.2) is 66.7 Å². The molecule has 0 atom stereocenters. The lowest BCUT2D eigenvalue weighted by Crippen LogP contribution is -2.07. The van der Waals surface area contributed by atoms with Gasteiger partial charge < -0.3 is 19.5 Å². The Bertz CT molecular complexity index is 1150. The lowest BCUT2D eigenvalue weighted by Gasteiger charge is -2.15. The molecule has 6 nitrogen and oxygen atoms in total. The van der Waals surface area contributed by atoms with Crippen LogP contribution in [0.2, 0.25) is 0 Å². The fourth-order valence-corrected chi connectivity index (χ4v) is 3.54. The Morgan fingerprint density at radius 3 is 2.10 bits per heavy atom. The summed E-state index contributed by atoms with van der Waals surface area (Å²) in [5.41, 5.74) is 3.07. The van der Waals surface area contributed by atoms with Crippen molar-refractivity contribution in [3.8, 4) is 17.2 Å². The maximum atomic E-state index is 5.47. The average Bonchev–Trinajstić information content (AvgIpc) is 2.82. The third-order valence-corrected chi connectivity index (χ3v) is 5.04. The summed E-state index contributed by atoms with van der Waals surface area (Å²) in [6, 6.07) is 22.1. The topological polar surface area (TPSA) is 65.5 Å². The molecule has 6 heteroatoms. The van der Waals surface area contributed by atoms with Crippen LogP contribution in [0.5, 0.6) is 17.2 Å². The molecule has 0 spiro atoms. The molecule has 0 amide bonds. The highest BCUT2D eigenvalue weighted by Crippen LogP contribution is 2.38. The van der Waals surface area contributed by atoms with E-state index in [-0.39, 0.29) is 0 Å². The Morgan fingerprint density at radius 1 is 0.742 bits per heavy atom. The van der Waals surface area contributed by atoms with E-state index in [1.807, 2.05) is 54.6 Å². The maximum absolute atomic E-state index is 5.47. The molecule has 0 fully saturated rings. The second-order valence-corrected chi connectivity index (χ2v) is 7.06. The van der Waals surface area contributed by atoms with Crippen molar-refractivity contribution < 1.29 is 14.2 Å². The quantitative estimate of drug-likeness (QED) is 0.443. The van der Waals surface area contributed by atoms with E-state index in [1.54, 1.807) is 21.3 Å². The SMILES string of the molecule is COc1cc(CNc2nc(Cc3ccccc3)nc3ccccc23)cc(OC)c1OC. The number of nitrogens with zero attached hydrogens (tertiary/aromatic N) is 2. The molecule has 0 saturated heterocycles. The number of anilines is 1. The van der Waals surface area contributed by atoms with Crippen LogP contribution < -0.4 is 19.5 Å².